The van der Waals surface area contributed by atoms with Crippen LogP contribution in [0.5, 0.6) is 0 Å². The molecule has 0 saturated heterocycles. The summed E-state index contributed by atoms with van der Waals surface area (Å²) in [7, 11) is 1.57. The molecule has 0 heterocycles. The molecule has 0 aliphatic heterocycles. The van der Waals surface area contributed by atoms with E-state index in [-0.39, 0.29) is 36.7 Å². The van der Waals surface area contributed by atoms with Gasteiger partial charge in [0.05, 0.1) is 0 Å². The summed E-state index contributed by atoms with van der Waals surface area (Å²) in [6.45, 7) is 3.57. The second-order valence-electron chi connectivity index (χ2n) is 4.29. The molecule has 4 N–H and O–H groups in total. The third-order valence-corrected chi connectivity index (χ3v) is 2.59. The molecule has 2 amide bonds. The number of rotatable bonds is 4. The summed E-state index contributed by atoms with van der Waals surface area (Å²) >= 11 is 0. The van der Waals surface area contributed by atoms with E-state index in [4.69, 9.17) is 5.73 Å². The Balaban J connectivity index is 0.00000324. The van der Waals surface area contributed by atoms with E-state index in [0.717, 1.165) is 5.56 Å². The van der Waals surface area contributed by atoms with Crippen molar-refractivity contribution in [1.29, 1.82) is 0 Å². The highest BCUT2D eigenvalue weighted by Crippen LogP contribution is 2.19. The summed E-state index contributed by atoms with van der Waals surface area (Å²) in [5, 5.41) is 5.33. The number of carbonyl (C=O) groups is 2. The molecule has 1 unspecified atom stereocenters. The van der Waals surface area contributed by atoms with E-state index >= 15 is 0 Å². The highest BCUT2D eigenvalue weighted by atomic mass is 35.5. The first-order chi connectivity index (χ1) is 8.45. The molecular weight excluding hydrogens is 266 g/mol. The van der Waals surface area contributed by atoms with Crippen molar-refractivity contribution in [2.75, 3.05) is 12.4 Å². The van der Waals surface area contributed by atoms with E-state index in [1.54, 1.807) is 39.1 Å². The number of hydrogen-bond acceptors (Lipinski definition) is 3. The molecule has 1 rings (SSSR count). The number of carbonyl (C=O) groups excluding carboxylic acids is 2. The molecule has 106 valence electrons. The van der Waals surface area contributed by atoms with Gasteiger partial charge in [0.25, 0.3) is 5.91 Å². The monoisotopic (exact) mass is 285 g/mol. The van der Waals surface area contributed by atoms with E-state index in [0.29, 0.717) is 11.3 Å². The quantitative estimate of drug-likeness (QED) is 0.783. The average molecular weight is 286 g/mol. The Morgan fingerprint density at radius 2 is 2.00 bits per heavy atom. The van der Waals surface area contributed by atoms with Gasteiger partial charge in [-0.25, -0.2) is 0 Å². The minimum Gasteiger partial charge on any atom is -0.355 e. The first-order valence-corrected chi connectivity index (χ1v) is 5.82. The van der Waals surface area contributed by atoms with Gasteiger partial charge in [-0.3, -0.25) is 9.59 Å². The summed E-state index contributed by atoms with van der Waals surface area (Å²) in [6.07, 6.45) is 0.254. The van der Waals surface area contributed by atoms with Gasteiger partial charge >= 0.3 is 0 Å². The molecular formula is C13H20ClN3O2. The average Bonchev–Trinajstić information content (AvgIpc) is 2.30. The molecule has 0 radical (unpaired) electrons. The maximum atomic E-state index is 11.6. The van der Waals surface area contributed by atoms with Crippen LogP contribution in [-0.4, -0.2) is 24.9 Å². The summed E-state index contributed by atoms with van der Waals surface area (Å²) < 4.78 is 0. The van der Waals surface area contributed by atoms with Crippen molar-refractivity contribution in [1.82, 2.24) is 5.32 Å². The third-order valence-electron chi connectivity index (χ3n) is 2.59. The number of halogens is 1. The topological polar surface area (TPSA) is 84.2 Å². The fraction of sp³-hybridized carbons (Fsp3) is 0.385. The van der Waals surface area contributed by atoms with Crippen LogP contribution in [0.3, 0.4) is 0 Å². The molecule has 0 saturated carbocycles. The van der Waals surface area contributed by atoms with Crippen molar-refractivity contribution < 1.29 is 9.59 Å². The van der Waals surface area contributed by atoms with E-state index < -0.39 is 0 Å². The lowest BCUT2D eigenvalue weighted by molar-refractivity contribution is -0.116. The smallest absolute Gasteiger partial charge is 0.251 e. The molecule has 1 atom stereocenters. The zero-order chi connectivity index (χ0) is 13.7. The summed E-state index contributed by atoms with van der Waals surface area (Å²) in [6, 6.07) is 5.03. The van der Waals surface area contributed by atoms with Crippen molar-refractivity contribution in [3.8, 4) is 0 Å². The maximum Gasteiger partial charge on any atom is 0.251 e. The summed E-state index contributed by atoms with van der Waals surface area (Å²) in [4.78, 5) is 23.2. The molecule has 0 aromatic heterocycles. The molecule has 1 aromatic rings. The molecule has 19 heavy (non-hydrogen) atoms. The van der Waals surface area contributed by atoms with Crippen molar-refractivity contribution >= 4 is 29.9 Å². The van der Waals surface area contributed by atoms with E-state index in [1.165, 1.54) is 0 Å². The Kier molecular flexibility index (Phi) is 7.11. The number of benzene rings is 1. The van der Waals surface area contributed by atoms with Gasteiger partial charge in [0.1, 0.15) is 0 Å². The number of amides is 2. The number of hydrogen-bond donors (Lipinski definition) is 3. The lowest BCUT2D eigenvalue weighted by Gasteiger charge is -2.12. The van der Waals surface area contributed by atoms with Crippen LogP contribution in [0.25, 0.3) is 0 Å². The molecule has 0 aliphatic carbocycles. The van der Waals surface area contributed by atoms with Crippen molar-refractivity contribution in [2.24, 2.45) is 5.73 Å². The predicted molar refractivity (Wildman–Crippen MR) is 78.7 cm³/mol. The van der Waals surface area contributed by atoms with Gasteiger partial charge in [-0.15, -0.1) is 12.4 Å². The maximum absolute atomic E-state index is 11.6. The van der Waals surface area contributed by atoms with Crippen molar-refractivity contribution in [2.45, 2.75) is 26.3 Å². The summed E-state index contributed by atoms with van der Waals surface area (Å²) in [5.41, 5.74) is 7.50. The minimum atomic E-state index is -0.188. The first-order valence-electron chi connectivity index (χ1n) is 5.82. The van der Waals surface area contributed by atoms with E-state index in [1.807, 2.05) is 0 Å². The van der Waals surface area contributed by atoms with Crippen LogP contribution >= 0.6 is 12.4 Å². The molecule has 0 aliphatic rings. The van der Waals surface area contributed by atoms with Crippen molar-refractivity contribution in [3.63, 3.8) is 0 Å². The Labute approximate surface area is 119 Å². The fourth-order valence-corrected chi connectivity index (χ4v) is 1.65. The van der Waals surface area contributed by atoms with E-state index in [9.17, 15) is 9.59 Å². The Hall–Kier alpha value is -1.59. The fourth-order valence-electron chi connectivity index (χ4n) is 1.65. The van der Waals surface area contributed by atoms with Crippen LogP contribution in [0.2, 0.25) is 0 Å². The van der Waals surface area contributed by atoms with Crippen LogP contribution in [0.1, 0.15) is 29.3 Å². The van der Waals surface area contributed by atoms with Gasteiger partial charge in [0.2, 0.25) is 5.91 Å². The minimum absolute atomic E-state index is 0. The van der Waals surface area contributed by atoms with Crippen LogP contribution in [-0.2, 0) is 4.79 Å². The van der Waals surface area contributed by atoms with Gasteiger partial charge < -0.3 is 16.4 Å². The zero-order valence-corrected chi connectivity index (χ0v) is 12.1. The van der Waals surface area contributed by atoms with Crippen LogP contribution in [0.15, 0.2) is 18.2 Å². The number of nitrogens with one attached hydrogen (secondary N) is 2. The number of anilines is 1. The number of nitrogens with two attached hydrogens (primary N) is 1. The highest BCUT2D eigenvalue weighted by molar-refractivity contribution is 5.99. The van der Waals surface area contributed by atoms with E-state index in [2.05, 4.69) is 10.6 Å². The lowest BCUT2D eigenvalue weighted by Crippen LogP contribution is -2.25. The second-order valence-corrected chi connectivity index (χ2v) is 4.29. The van der Waals surface area contributed by atoms with Gasteiger partial charge in [0.15, 0.2) is 0 Å². The first kappa shape index (κ1) is 17.4. The van der Waals surface area contributed by atoms with Crippen LogP contribution in [0, 0.1) is 6.92 Å². The molecule has 0 fully saturated rings. The predicted octanol–water partition coefficient (Wildman–Crippen LogP) is 1.45. The van der Waals surface area contributed by atoms with Gasteiger partial charge in [0, 0.05) is 30.8 Å². The normalized spacial score (nSPS) is 11.2. The molecule has 0 spiro atoms. The zero-order valence-electron chi connectivity index (χ0n) is 11.3. The standard InChI is InChI=1S/C13H19N3O2.ClH/c1-8(14)7-12(17)16-11-6-4-5-10(9(11)2)13(18)15-3;/h4-6,8H,7,14H2,1-3H3,(H,15,18)(H,16,17);1H. The van der Waals surface area contributed by atoms with Crippen molar-refractivity contribution in [3.05, 3.63) is 29.3 Å². The highest BCUT2D eigenvalue weighted by Gasteiger charge is 2.12. The lowest BCUT2D eigenvalue weighted by atomic mass is 10.1. The van der Waals surface area contributed by atoms with Crippen LogP contribution < -0.4 is 16.4 Å². The second kappa shape index (κ2) is 7.76. The van der Waals surface area contributed by atoms with Gasteiger partial charge in [-0.2, -0.15) is 0 Å². The SMILES string of the molecule is CNC(=O)c1cccc(NC(=O)CC(C)N)c1C.Cl. The Bertz CT molecular complexity index is 461. The largest absolute Gasteiger partial charge is 0.355 e. The van der Waals surface area contributed by atoms with Gasteiger partial charge in [-0.05, 0) is 31.5 Å². The Morgan fingerprint density at radius 1 is 1.37 bits per heavy atom. The molecule has 6 heteroatoms. The third kappa shape index (κ3) is 4.89. The molecule has 0 bridgehead atoms. The molecule has 5 nitrogen and oxygen atoms in total. The molecule has 1 aromatic carbocycles. The summed E-state index contributed by atoms with van der Waals surface area (Å²) in [5.74, 6) is -0.321. The Morgan fingerprint density at radius 3 is 2.53 bits per heavy atom. The van der Waals surface area contributed by atoms with Crippen LogP contribution in [0.4, 0.5) is 5.69 Å². The van der Waals surface area contributed by atoms with Gasteiger partial charge in [-0.1, -0.05) is 6.07 Å².